The molecule has 6 nitrogen and oxygen atoms in total. The second-order valence-corrected chi connectivity index (χ2v) is 7.81. The number of allylic oxidation sites excluding steroid dienone is 4. The van der Waals surface area contributed by atoms with Crippen molar-refractivity contribution < 1.29 is 4.74 Å². The van der Waals surface area contributed by atoms with Crippen LogP contribution in [0.3, 0.4) is 0 Å². The molecule has 0 saturated heterocycles. The third-order valence-electron chi connectivity index (χ3n) is 7.87. The summed E-state index contributed by atoms with van der Waals surface area (Å²) in [5.41, 5.74) is -0.339. The van der Waals surface area contributed by atoms with Gasteiger partial charge in [0.15, 0.2) is 0 Å². The van der Waals surface area contributed by atoms with Crippen molar-refractivity contribution in [1.82, 2.24) is 13.9 Å². The van der Waals surface area contributed by atoms with Crippen molar-refractivity contribution in [3.8, 4) is 0 Å². The Morgan fingerprint density at radius 2 is 1.77 bits per heavy atom. The van der Waals surface area contributed by atoms with Gasteiger partial charge in [-0.25, -0.2) is 23.5 Å². The second kappa shape index (κ2) is 2.47. The van der Waals surface area contributed by atoms with Gasteiger partial charge in [0.05, 0.1) is 24.6 Å². The third kappa shape index (κ3) is 0.591. The lowest BCUT2D eigenvalue weighted by atomic mass is 9.68. The average molecular weight is 297 g/mol. The molecule has 7 aliphatic rings. The van der Waals surface area contributed by atoms with E-state index in [0.29, 0.717) is 23.7 Å². The van der Waals surface area contributed by atoms with Gasteiger partial charge in [-0.05, 0) is 29.7 Å². The molecular weight excluding hydrogens is 282 g/mol. The predicted molar refractivity (Wildman–Crippen MR) is 75.1 cm³/mol. The first kappa shape index (κ1) is 10.7. The van der Waals surface area contributed by atoms with E-state index in [-0.39, 0.29) is 34.3 Å². The van der Waals surface area contributed by atoms with Gasteiger partial charge >= 0.3 is 11.4 Å². The fourth-order valence-electron chi connectivity index (χ4n) is 7.68. The molecule has 0 aromatic carbocycles. The van der Waals surface area contributed by atoms with Gasteiger partial charge in [-0.1, -0.05) is 12.2 Å². The lowest BCUT2D eigenvalue weighted by molar-refractivity contribution is 0.0119. The molecule has 1 aromatic rings. The van der Waals surface area contributed by atoms with Crippen LogP contribution < -0.4 is 11.4 Å². The molecular formula is C16H15N3O3. The third-order valence-corrected chi connectivity index (χ3v) is 7.87. The molecule has 8 rings (SSSR count). The van der Waals surface area contributed by atoms with Gasteiger partial charge in [-0.2, -0.15) is 0 Å². The van der Waals surface area contributed by atoms with Crippen LogP contribution in [0.2, 0.25) is 0 Å². The van der Waals surface area contributed by atoms with Gasteiger partial charge in [0, 0.05) is 12.5 Å². The maximum absolute atomic E-state index is 12.7. The molecule has 8 atom stereocenters. The van der Waals surface area contributed by atoms with E-state index in [2.05, 4.69) is 18.2 Å². The molecule has 2 spiro atoms. The number of hydrogen-bond acceptors (Lipinski definition) is 3. The first-order valence-corrected chi connectivity index (χ1v) is 7.98. The van der Waals surface area contributed by atoms with Crippen molar-refractivity contribution in [2.75, 3.05) is 7.11 Å². The van der Waals surface area contributed by atoms with E-state index in [9.17, 15) is 9.59 Å². The van der Waals surface area contributed by atoms with Crippen molar-refractivity contribution >= 4 is 0 Å². The van der Waals surface area contributed by atoms with Gasteiger partial charge in [-0.15, -0.1) is 0 Å². The number of rotatable bonds is 1. The van der Waals surface area contributed by atoms with Crippen molar-refractivity contribution in [3.63, 3.8) is 0 Å². The Morgan fingerprint density at radius 1 is 1.09 bits per heavy atom. The Kier molecular flexibility index (Phi) is 1.20. The zero-order valence-electron chi connectivity index (χ0n) is 12.3. The molecule has 5 aliphatic carbocycles. The Bertz CT molecular complexity index is 993. The highest BCUT2D eigenvalue weighted by molar-refractivity contribution is 5.59. The first-order chi connectivity index (χ1) is 10.6. The Labute approximate surface area is 125 Å². The van der Waals surface area contributed by atoms with Crippen LogP contribution in [0.5, 0.6) is 0 Å². The summed E-state index contributed by atoms with van der Waals surface area (Å²) in [7, 11) is 3.33. The molecule has 4 fully saturated rings. The number of methoxy groups -OCH3 is 1. The first-order valence-electron chi connectivity index (χ1n) is 7.98. The average Bonchev–Trinajstić information content (AvgIpc) is 3.31. The van der Waals surface area contributed by atoms with Crippen molar-refractivity contribution in [2.45, 2.75) is 12.1 Å². The quantitative estimate of drug-likeness (QED) is 0.735. The van der Waals surface area contributed by atoms with Crippen LogP contribution in [0.15, 0.2) is 33.6 Å². The van der Waals surface area contributed by atoms with E-state index in [4.69, 9.17) is 4.74 Å². The summed E-state index contributed by atoms with van der Waals surface area (Å²) in [6.07, 6.45) is 6.47. The fourth-order valence-corrected chi connectivity index (χ4v) is 7.68. The molecule has 22 heavy (non-hydrogen) atoms. The lowest BCUT2D eigenvalue weighted by Crippen LogP contribution is -2.53. The molecule has 6 heteroatoms. The van der Waals surface area contributed by atoms with Gasteiger partial charge in [0.1, 0.15) is 5.76 Å². The standard InChI is InChI=1S/C16H15N3O3/c1-17-13(20)18-11-8-7-9(8)12(19(18)14(17)21)16-6(22-2)4-3-5-15(11,16)10(7)16/h3-5,7-12H,1-2H3/t7-,8-,9-,10+,11+,12+,15+,16-/m0/s1. The molecule has 0 radical (unpaired) electrons. The van der Waals surface area contributed by atoms with Crippen molar-refractivity contribution in [2.24, 2.45) is 41.5 Å². The second-order valence-electron chi connectivity index (χ2n) is 7.81. The molecule has 0 N–H and O–H groups in total. The van der Waals surface area contributed by atoms with Crippen molar-refractivity contribution in [3.05, 3.63) is 45.0 Å². The molecule has 2 aliphatic heterocycles. The van der Waals surface area contributed by atoms with Gasteiger partial charge in [0.25, 0.3) is 0 Å². The van der Waals surface area contributed by atoms with Crippen LogP contribution >= 0.6 is 0 Å². The summed E-state index contributed by atoms with van der Waals surface area (Å²) < 4.78 is 10.6. The van der Waals surface area contributed by atoms with Gasteiger partial charge in [-0.3, -0.25) is 0 Å². The van der Waals surface area contributed by atoms with E-state index >= 15 is 0 Å². The fraction of sp³-hybridized carbons (Fsp3) is 0.625. The van der Waals surface area contributed by atoms with E-state index in [1.165, 1.54) is 4.57 Å². The van der Waals surface area contributed by atoms with E-state index < -0.39 is 0 Å². The summed E-state index contributed by atoms with van der Waals surface area (Å²) in [6, 6.07) is 0.254. The molecule has 2 bridgehead atoms. The SMILES string of the molecule is COC1=CC=C[C@@]23[C@H]4[C@H]5[C@H]6[C@H]5[C@@H](n5c(=O)n(C)c(=O)n5[C@H]62)[C@]143. The van der Waals surface area contributed by atoms with Crippen LogP contribution in [0.25, 0.3) is 0 Å². The predicted octanol–water partition coefficient (Wildman–Crippen LogP) is 0.0364. The summed E-state index contributed by atoms with van der Waals surface area (Å²) in [4.78, 5) is 25.3. The smallest absolute Gasteiger partial charge is 0.347 e. The van der Waals surface area contributed by atoms with Crippen LogP contribution in [0, 0.1) is 34.5 Å². The Hall–Kier alpha value is -1.98. The van der Waals surface area contributed by atoms with Crippen LogP contribution in [0.4, 0.5) is 0 Å². The summed E-state index contributed by atoms with van der Waals surface area (Å²) >= 11 is 0. The minimum absolute atomic E-state index is 0.0272. The molecule has 1 aromatic heterocycles. The van der Waals surface area contributed by atoms with Gasteiger partial charge < -0.3 is 4.74 Å². The number of ether oxygens (including phenoxy) is 1. The highest BCUT2D eigenvalue weighted by Gasteiger charge is 3.04. The molecule has 4 saturated carbocycles. The summed E-state index contributed by atoms with van der Waals surface area (Å²) in [6.45, 7) is 0. The monoisotopic (exact) mass is 297 g/mol. The van der Waals surface area contributed by atoms with Crippen molar-refractivity contribution in [1.29, 1.82) is 0 Å². The number of aromatic nitrogens is 3. The van der Waals surface area contributed by atoms with E-state index in [1.54, 1.807) is 23.5 Å². The number of hydrogen-bond donors (Lipinski definition) is 0. The zero-order valence-corrected chi connectivity index (χ0v) is 12.3. The summed E-state index contributed by atoms with van der Waals surface area (Å²) in [5.74, 6) is 3.42. The summed E-state index contributed by atoms with van der Waals surface area (Å²) in [5, 5.41) is 0. The molecule has 3 heterocycles. The largest absolute Gasteiger partial charge is 0.500 e. The highest BCUT2D eigenvalue weighted by Crippen LogP contribution is 3.04. The molecule has 0 unspecified atom stereocenters. The number of nitrogens with zero attached hydrogens (tertiary/aromatic N) is 3. The van der Waals surface area contributed by atoms with E-state index in [1.807, 2.05) is 0 Å². The topological polar surface area (TPSA) is 58.2 Å². The minimum atomic E-state index is -0.162. The minimum Gasteiger partial charge on any atom is -0.500 e. The molecule has 112 valence electrons. The van der Waals surface area contributed by atoms with Crippen LogP contribution in [0.1, 0.15) is 12.1 Å². The normalized spacial score (nSPS) is 55.6. The van der Waals surface area contributed by atoms with Crippen LogP contribution in [-0.2, 0) is 11.8 Å². The van der Waals surface area contributed by atoms with Gasteiger partial charge in [0.2, 0.25) is 0 Å². The Morgan fingerprint density at radius 3 is 2.50 bits per heavy atom. The maximum atomic E-state index is 12.7. The lowest BCUT2D eigenvalue weighted by Gasteiger charge is -2.48. The maximum Gasteiger partial charge on any atom is 0.347 e. The van der Waals surface area contributed by atoms with Crippen LogP contribution in [-0.4, -0.2) is 21.0 Å². The van der Waals surface area contributed by atoms with E-state index in [0.717, 1.165) is 5.76 Å². The molecule has 0 amide bonds. The zero-order chi connectivity index (χ0) is 14.8. The highest BCUT2D eigenvalue weighted by atomic mass is 16.5. The Balaban J connectivity index is 1.67.